The molecule has 0 atom stereocenters. The topological polar surface area (TPSA) is 91.0 Å². The third kappa shape index (κ3) is 5.85. The molecule has 4 aromatic rings. The largest absolute Gasteiger partial charge is 0.459 e. The van der Waals surface area contributed by atoms with Crippen LogP contribution in [-0.4, -0.2) is 48.0 Å². The lowest BCUT2D eigenvalue weighted by Crippen LogP contribution is -2.48. The lowest BCUT2D eigenvalue weighted by atomic mass is 10.2. The summed E-state index contributed by atoms with van der Waals surface area (Å²) in [7, 11) is 0. The van der Waals surface area contributed by atoms with Gasteiger partial charge < -0.3 is 24.0 Å². The maximum Gasteiger partial charge on any atom is 0.293 e. The molecule has 5 rings (SSSR count). The summed E-state index contributed by atoms with van der Waals surface area (Å²) in [6.45, 7) is 2.62. The van der Waals surface area contributed by atoms with E-state index in [1.54, 1.807) is 47.4 Å². The minimum absolute atomic E-state index is 0.0835. The molecule has 0 aliphatic carbocycles. The van der Waals surface area contributed by atoms with E-state index in [2.05, 4.69) is 15.5 Å². The summed E-state index contributed by atoms with van der Waals surface area (Å²) >= 11 is 17.6. The molecule has 1 aliphatic rings. The molecule has 0 spiro atoms. The first-order valence-electron chi connectivity index (χ1n) is 11.7. The molecule has 1 fully saturated rings. The van der Waals surface area contributed by atoms with Crippen LogP contribution in [0.15, 0.2) is 81.8 Å². The molecule has 0 unspecified atom stereocenters. The molecule has 2 amide bonds. The lowest BCUT2D eigenvalue weighted by Gasteiger charge is -2.35. The minimum atomic E-state index is -0.495. The van der Waals surface area contributed by atoms with Crippen molar-refractivity contribution >= 4 is 63.7 Å². The number of nitrogens with zero attached hydrogens (tertiary/aromatic N) is 2. The first-order chi connectivity index (χ1) is 18.4. The molecule has 0 radical (unpaired) electrons. The first-order valence-corrected chi connectivity index (χ1v) is 12.9. The number of piperazine rings is 1. The smallest absolute Gasteiger partial charge is 0.293 e. The summed E-state index contributed by atoms with van der Waals surface area (Å²) in [5.74, 6) is 0.271. The average molecular weight is 569 g/mol. The Labute approximate surface area is 234 Å². The highest BCUT2D eigenvalue weighted by Gasteiger charge is 2.24. The highest BCUT2D eigenvalue weighted by molar-refractivity contribution is 7.80. The van der Waals surface area contributed by atoms with Crippen LogP contribution in [0.2, 0.25) is 10.0 Å². The Morgan fingerprint density at radius 1 is 0.895 bits per heavy atom. The van der Waals surface area contributed by atoms with Gasteiger partial charge in [0.1, 0.15) is 5.76 Å². The van der Waals surface area contributed by atoms with E-state index >= 15 is 0 Å². The van der Waals surface area contributed by atoms with E-state index in [4.69, 9.17) is 44.3 Å². The normalized spacial score (nSPS) is 13.3. The van der Waals surface area contributed by atoms with E-state index in [1.807, 2.05) is 24.3 Å². The summed E-state index contributed by atoms with van der Waals surface area (Å²) < 4.78 is 10.9. The molecule has 38 heavy (non-hydrogen) atoms. The van der Waals surface area contributed by atoms with E-state index < -0.39 is 5.91 Å². The van der Waals surface area contributed by atoms with Crippen molar-refractivity contribution in [3.05, 3.63) is 94.6 Å². The number of carbonyl (C=O) groups excluding carboxylic acids is 2. The Hall–Kier alpha value is -3.79. The lowest BCUT2D eigenvalue weighted by molar-refractivity contribution is 0.0714. The maximum atomic E-state index is 12.6. The molecule has 1 saturated heterocycles. The van der Waals surface area contributed by atoms with Crippen LogP contribution < -0.4 is 15.5 Å². The number of rotatable bonds is 5. The number of hydrogen-bond acceptors (Lipinski definition) is 6. The van der Waals surface area contributed by atoms with Crippen LogP contribution >= 0.6 is 35.4 Å². The van der Waals surface area contributed by atoms with Gasteiger partial charge in [-0.2, -0.15) is 0 Å². The maximum absolute atomic E-state index is 12.6. The predicted octanol–water partition coefficient (Wildman–Crippen LogP) is 5.94. The number of nitrogens with one attached hydrogen (secondary N) is 2. The molecule has 8 nitrogen and oxygen atoms in total. The van der Waals surface area contributed by atoms with Gasteiger partial charge in [0.05, 0.1) is 11.3 Å². The van der Waals surface area contributed by atoms with Crippen molar-refractivity contribution in [1.82, 2.24) is 10.2 Å². The van der Waals surface area contributed by atoms with Crippen LogP contribution in [0.25, 0.3) is 11.3 Å². The molecule has 0 saturated carbocycles. The minimum Gasteiger partial charge on any atom is -0.459 e. The van der Waals surface area contributed by atoms with Crippen molar-refractivity contribution in [1.29, 1.82) is 0 Å². The summed E-state index contributed by atoms with van der Waals surface area (Å²) in [5.41, 5.74) is 2.33. The van der Waals surface area contributed by atoms with Gasteiger partial charge in [-0.15, -0.1) is 0 Å². The number of hydrogen-bond donors (Lipinski definition) is 2. The molecule has 2 N–H and O–H groups in total. The van der Waals surface area contributed by atoms with Gasteiger partial charge >= 0.3 is 0 Å². The molecule has 3 heterocycles. The van der Waals surface area contributed by atoms with Gasteiger partial charge in [0.25, 0.3) is 11.8 Å². The molecular weight excluding hydrogens is 547 g/mol. The molecular formula is C27H22Cl2N4O4S. The van der Waals surface area contributed by atoms with Crippen molar-refractivity contribution in [3.8, 4) is 11.3 Å². The van der Waals surface area contributed by atoms with Gasteiger partial charge in [0.2, 0.25) is 0 Å². The Kier molecular flexibility index (Phi) is 7.69. The van der Waals surface area contributed by atoms with Crippen LogP contribution in [0.1, 0.15) is 21.1 Å². The Balaban J connectivity index is 1.13. The second-order valence-electron chi connectivity index (χ2n) is 8.50. The highest BCUT2D eigenvalue weighted by Crippen LogP contribution is 2.31. The van der Waals surface area contributed by atoms with E-state index in [-0.39, 0.29) is 16.8 Å². The number of thiocarbonyl (C=S) groups is 1. The van der Waals surface area contributed by atoms with Gasteiger partial charge in [-0.25, -0.2) is 0 Å². The molecule has 2 aromatic carbocycles. The Bertz CT molecular complexity index is 1460. The summed E-state index contributed by atoms with van der Waals surface area (Å²) in [5, 5.41) is 6.71. The van der Waals surface area contributed by atoms with Gasteiger partial charge in [-0.3, -0.25) is 14.9 Å². The number of amides is 2. The third-order valence-corrected chi connectivity index (χ3v) is 6.81. The third-order valence-electron chi connectivity index (χ3n) is 6.04. The fraction of sp³-hybridized carbons (Fsp3) is 0.148. The summed E-state index contributed by atoms with van der Waals surface area (Å²) in [6, 6.07) is 19.3. The number of furan rings is 2. The van der Waals surface area contributed by atoms with Gasteiger partial charge in [0.15, 0.2) is 16.6 Å². The van der Waals surface area contributed by atoms with Crippen molar-refractivity contribution in [3.63, 3.8) is 0 Å². The van der Waals surface area contributed by atoms with Crippen molar-refractivity contribution in [2.24, 2.45) is 0 Å². The molecule has 0 bridgehead atoms. The van der Waals surface area contributed by atoms with Crippen molar-refractivity contribution < 1.29 is 18.4 Å². The van der Waals surface area contributed by atoms with Crippen LogP contribution in [0, 0.1) is 0 Å². The number of halogens is 2. The second kappa shape index (κ2) is 11.3. The van der Waals surface area contributed by atoms with E-state index in [0.29, 0.717) is 53.3 Å². The van der Waals surface area contributed by atoms with E-state index in [1.165, 1.54) is 6.26 Å². The molecule has 2 aromatic heterocycles. The van der Waals surface area contributed by atoms with Crippen molar-refractivity contribution in [2.45, 2.75) is 0 Å². The zero-order valence-electron chi connectivity index (χ0n) is 19.9. The second-order valence-corrected chi connectivity index (χ2v) is 9.75. The Morgan fingerprint density at radius 2 is 1.66 bits per heavy atom. The van der Waals surface area contributed by atoms with Crippen LogP contribution in [0.4, 0.5) is 11.4 Å². The zero-order valence-corrected chi connectivity index (χ0v) is 22.3. The SMILES string of the molecule is O=C(NC(=S)Nc1ccc(N2CCN(C(=O)c3ccco3)CC2)cc1)c1ccc(-c2cc(Cl)ccc2Cl)o1. The summed E-state index contributed by atoms with van der Waals surface area (Å²) in [4.78, 5) is 29.1. The predicted molar refractivity (Wildman–Crippen MR) is 151 cm³/mol. The molecule has 11 heteroatoms. The van der Waals surface area contributed by atoms with Crippen molar-refractivity contribution in [2.75, 3.05) is 36.4 Å². The first kappa shape index (κ1) is 25.8. The van der Waals surface area contributed by atoms with E-state index in [9.17, 15) is 9.59 Å². The number of benzene rings is 2. The van der Waals surface area contributed by atoms with Gasteiger partial charge in [0, 0.05) is 48.1 Å². The number of anilines is 2. The van der Waals surface area contributed by atoms with E-state index in [0.717, 1.165) is 11.4 Å². The van der Waals surface area contributed by atoms with Gasteiger partial charge in [-0.1, -0.05) is 23.2 Å². The fourth-order valence-corrected chi connectivity index (χ4v) is 4.69. The molecule has 194 valence electrons. The van der Waals surface area contributed by atoms with Gasteiger partial charge in [-0.05, 0) is 78.9 Å². The summed E-state index contributed by atoms with van der Waals surface area (Å²) in [6.07, 6.45) is 1.50. The number of carbonyl (C=O) groups is 2. The zero-order chi connectivity index (χ0) is 26.6. The average Bonchev–Trinajstić information content (AvgIpc) is 3.63. The highest BCUT2D eigenvalue weighted by atomic mass is 35.5. The molecule has 1 aliphatic heterocycles. The van der Waals surface area contributed by atoms with Crippen LogP contribution in [-0.2, 0) is 0 Å². The fourth-order valence-electron chi connectivity index (χ4n) is 4.10. The quantitative estimate of drug-likeness (QED) is 0.288. The standard InChI is InChI=1S/C27H22Cl2N4O4S/c28-17-3-8-21(29)20(16-17)22-9-10-23(37-22)25(34)31-27(38)30-18-4-6-19(7-5-18)32-11-13-33(14-12-32)26(35)24-2-1-15-36-24/h1-10,15-16H,11-14H2,(H2,30,31,34,38). The van der Waals surface area contributed by atoms with Crippen LogP contribution in [0.5, 0.6) is 0 Å². The Morgan fingerprint density at radius 3 is 2.37 bits per heavy atom. The monoisotopic (exact) mass is 568 g/mol. The van der Waals surface area contributed by atoms with Crippen LogP contribution in [0.3, 0.4) is 0 Å².